The second-order valence-corrected chi connectivity index (χ2v) is 4.66. The van der Waals surface area contributed by atoms with Gasteiger partial charge in [0.25, 0.3) is 0 Å². The molecule has 0 aliphatic heterocycles. The number of nitrogens with one attached hydrogen (secondary N) is 1. The van der Waals surface area contributed by atoms with E-state index in [4.69, 9.17) is 4.74 Å². The zero-order valence-corrected chi connectivity index (χ0v) is 10.3. The van der Waals surface area contributed by atoms with Crippen LogP contribution in [0.15, 0.2) is 18.2 Å². The van der Waals surface area contributed by atoms with Crippen molar-refractivity contribution in [3.05, 3.63) is 29.6 Å². The Hall–Kier alpha value is -1.09. The largest absolute Gasteiger partial charge is 0.493 e. The third-order valence-corrected chi connectivity index (χ3v) is 3.00. The van der Waals surface area contributed by atoms with Gasteiger partial charge in [0.1, 0.15) is 11.6 Å². The van der Waals surface area contributed by atoms with Gasteiger partial charge in [-0.05, 0) is 36.6 Å². The molecule has 0 heterocycles. The van der Waals surface area contributed by atoms with E-state index in [-0.39, 0.29) is 5.82 Å². The monoisotopic (exact) mass is 237 g/mol. The molecular formula is C14H20FNO. The van der Waals surface area contributed by atoms with Gasteiger partial charge in [-0.3, -0.25) is 0 Å². The van der Waals surface area contributed by atoms with Crippen LogP contribution in [-0.4, -0.2) is 13.2 Å². The van der Waals surface area contributed by atoms with Gasteiger partial charge in [-0.2, -0.15) is 0 Å². The van der Waals surface area contributed by atoms with Crippen molar-refractivity contribution in [1.29, 1.82) is 0 Å². The van der Waals surface area contributed by atoms with E-state index in [9.17, 15) is 4.39 Å². The lowest BCUT2D eigenvalue weighted by Crippen LogP contribution is -2.12. The van der Waals surface area contributed by atoms with E-state index in [1.807, 2.05) is 13.0 Å². The fourth-order valence-corrected chi connectivity index (χ4v) is 1.83. The van der Waals surface area contributed by atoms with Gasteiger partial charge in [0.05, 0.1) is 6.61 Å². The SMILES string of the molecule is CCNCc1cc(F)cc(OCCC2CC2)c1. The summed E-state index contributed by atoms with van der Waals surface area (Å²) in [6.07, 6.45) is 3.76. The van der Waals surface area contributed by atoms with Crippen molar-refractivity contribution in [2.45, 2.75) is 32.7 Å². The van der Waals surface area contributed by atoms with Crippen LogP contribution in [-0.2, 0) is 6.54 Å². The molecule has 0 atom stereocenters. The summed E-state index contributed by atoms with van der Waals surface area (Å²) in [5.41, 5.74) is 0.938. The fourth-order valence-electron chi connectivity index (χ4n) is 1.83. The molecule has 0 spiro atoms. The Balaban J connectivity index is 1.87. The Morgan fingerprint density at radius 3 is 2.88 bits per heavy atom. The lowest BCUT2D eigenvalue weighted by Gasteiger charge is -2.08. The first-order valence-corrected chi connectivity index (χ1v) is 6.41. The molecule has 1 saturated carbocycles. The van der Waals surface area contributed by atoms with Gasteiger partial charge < -0.3 is 10.1 Å². The molecule has 1 aromatic carbocycles. The maximum absolute atomic E-state index is 13.3. The van der Waals surface area contributed by atoms with Gasteiger partial charge in [0.15, 0.2) is 0 Å². The van der Waals surface area contributed by atoms with Gasteiger partial charge in [0.2, 0.25) is 0 Å². The van der Waals surface area contributed by atoms with Crippen molar-refractivity contribution in [1.82, 2.24) is 5.32 Å². The van der Waals surface area contributed by atoms with Crippen LogP contribution in [0.5, 0.6) is 5.75 Å². The number of benzene rings is 1. The van der Waals surface area contributed by atoms with Crippen LogP contribution < -0.4 is 10.1 Å². The van der Waals surface area contributed by atoms with Crippen LogP contribution in [0.25, 0.3) is 0 Å². The minimum absolute atomic E-state index is 0.221. The van der Waals surface area contributed by atoms with Crippen LogP contribution in [0.1, 0.15) is 31.7 Å². The fraction of sp³-hybridized carbons (Fsp3) is 0.571. The van der Waals surface area contributed by atoms with Crippen molar-refractivity contribution in [2.24, 2.45) is 5.92 Å². The van der Waals surface area contributed by atoms with Gasteiger partial charge in [-0.15, -0.1) is 0 Å². The molecule has 2 nitrogen and oxygen atoms in total. The predicted molar refractivity (Wildman–Crippen MR) is 66.6 cm³/mol. The Morgan fingerprint density at radius 1 is 1.35 bits per heavy atom. The van der Waals surface area contributed by atoms with Crippen LogP contribution in [0, 0.1) is 11.7 Å². The summed E-state index contributed by atoms with van der Waals surface area (Å²) in [7, 11) is 0. The quantitative estimate of drug-likeness (QED) is 0.786. The molecule has 2 rings (SSSR count). The number of halogens is 1. The molecule has 0 radical (unpaired) electrons. The normalized spacial score (nSPS) is 14.9. The van der Waals surface area contributed by atoms with Gasteiger partial charge >= 0.3 is 0 Å². The molecule has 1 N–H and O–H groups in total. The molecule has 3 heteroatoms. The summed E-state index contributed by atoms with van der Waals surface area (Å²) < 4.78 is 18.9. The summed E-state index contributed by atoms with van der Waals surface area (Å²) in [6, 6.07) is 4.93. The molecule has 17 heavy (non-hydrogen) atoms. The molecule has 0 aromatic heterocycles. The van der Waals surface area contributed by atoms with Gasteiger partial charge in [-0.25, -0.2) is 4.39 Å². The number of rotatable bonds is 7. The summed E-state index contributed by atoms with van der Waals surface area (Å²) in [6.45, 7) is 4.31. The third kappa shape index (κ3) is 4.35. The van der Waals surface area contributed by atoms with Crippen molar-refractivity contribution < 1.29 is 9.13 Å². The maximum Gasteiger partial charge on any atom is 0.127 e. The first-order chi connectivity index (χ1) is 8.28. The van der Waals surface area contributed by atoms with E-state index >= 15 is 0 Å². The molecule has 0 saturated heterocycles. The van der Waals surface area contributed by atoms with E-state index in [0.29, 0.717) is 18.9 Å². The predicted octanol–water partition coefficient (Wildman–Crippen LogP) is 3.11. The highest BCUT2D eigenvalue weighted by Gasteiger charge is 2.20. The third-order valence-electron chi connectivity index (χ3n) is 3.00. The minimum atomic E-state index is -0.221. The number of ether oxygens (including phenoxy) is 1. The summed E-state index contributed by atoms with van der Waals surface area (Å²) in [4.78, 5) is 0. The second kappa shape index (κ2) is 6.01. The molecule has 0 bridgehead atoms. The average molecular weight is 237 g/mol. The molecular weight excluding hydrogens is 217 g/mol. The van der Waals surface area contributed by atoms with Crippen molar-refractivity contribution in [3.63, 3.8) is 0 Å². The Kier molecular flexibility index (Phi) is 4.37. The molecule has 0 unspecified atom stereocenters. The average Bonchev–Trinajstić information content (AvgIpc) is 3.10. The summed E-state index contributed by atoms with van der Waals surface area (Å²) >= 11 is 0. The van der Waals surface area contributed by atoms with Crippen molar-refractivity contribution >= 4 is 0 Å². The Labute approximate surface area is 102 Å². The van der Waals surface area contributed by atoms with Crippen LogP contribution in [0.4, 0.5) is 4.39 Å². The van der Waals surface area contributed by atoms with Crippen molar-refractivity contribution in [2.75, 3.05) is 13.2 Å². The highest BCUT2D eigenvalue weighted by atomic mass is 19.1. The highest BCUT2D eigenvalue weighted by Crippen LogP contribution is 2.32. The first kappa shape index (κ1) is 12.4. The molecule has 1 aliphatic rings. The van der Waals surface area contributed by atoms with E-state index in [2.05, 4.69) is 5.32 Å². The lowest BCUT2D eigenvalue weighted by molar-refractivity contribution is 0.300. The molecule has 94 valence electrons. The Morgan fingerprint density at radius 2 is 2.18 bits per heavy atom. The van der Waals surface area contributed by atoms with E-state index in [0.717, 1.165) is 24.4 Å². The maximum atomic E-state index is 13.3. The standard InChI is InChI=1S/C14H20FNO/c1-2-16-10-12-7-13(15)9-14(8-12)17-6-5-11-3-4-11/h7-9,11,16H,2-6,10H2,1H3. The summed E-state index contributed by atoms with van der Waals surface area (Å²) in [5, 5.41) is 3.18. The molecule has 1 aliphatic carbocycles. The molecule has 1 fully saturated rings. The van der Waals surface area contributed by atoms with E-state index < -0.39 is 0 Å². The van der Waals surface area contributed by atoms with Gasteiger partial charge in [0, 0.05) is 12.6 Å². The lowest BCUT2D eigenvalue weighted by atomic mass is 10.2. The summed E-state index contributed by atoms with van der Waals surface area (Å²) in [5.74, 6) is 1.28. The van der Waals surface area contributed by atoms with E-state index in [1.165, 1.54) is 18.9 Å². The zero-order chi connectivity index (χ0) is 12.1. The molecule has 1 aromatic rings. The minimum Gasteiger partial charge on any atom is -0.493 e. The second-order valence-electron chi connectivity index (χ2n) is 4.66. The number of hydrogen-bond acceptors (Lipinski definition) is 2. The molecule has 0 amide bonds. The highest BCUT2D eigenvalue weighted by molar-refractivity contribution is 5.29. The zero-order valence-electron chi connectivity index (χ0n) is 10.3. The number of hydrogen-bond donors (Lipinski definition) is 1. The van der Waals surface area contributed by atoms with E-state index in [1.54, 1.807) is 6.07 Å². The Bertz CT molecular complexity index is 363. The first-order valence-electron chi connectivity index (χ1n) is 6.41. The van der Waals surface area contributed by atoms with Crippen LogP contribution >= 0.6 is 0 Å². The van der Waals surface area contributed by atoms with Gasteiger partial charge in [-0.1, -0.05) is 19.8 Å². The topological polar surface area (TPSA) is 21.3 Å². The smallest absolute Gasteiger partial charge is 0.127 e. The van der Waals surface area contributed by atoms with Crippen LogP contribution in [0.2, 0.25) is 0 Å². The van der Waals surface area contributed by atoms with Crippen molar-refractivity contribution in [3.8, 4) is 5.75 Å². The van der Waals surface area contributed by atoms with Crippen LogP contribution in [0.3, 0.4) is 0 Å².